The molecule has 0 aliphatic carbocycles. The summed E-state index contributed by atoms with van der Waals surface area (Å²) < 4.78 is 0. The molecule has 2 N–H and O–H groups in total. The van der Waals surface area contributed by atoms with Crippen LogP contribution in [-0.2, 0) is 0 Å². The third-order valence-electron chi connectivity index (χ3n) is 0.923. The summed E-state index contributed by atoms with van der Waals surface area (Å²) in [5, 5.41) is 8.21. The van der Waals surface area contributed by atoms with E-state index in [1.54, 1.807) is 6.92 Å². The van der Waals surface area contributed by atoms with E-state index in [2.05, 4.69) is 11.8 Å². The Bertz CT molecular complexity index is 156. The van der Waals surface area contributed by atoms with E-state index in [4.69, 9.17) is 11.0 Å². The molecule has 0 aromatic rings. The average Bonchev–Trinajstić information content (AvgIpc) is 1.89. The summed E-state index contributed by atoms with van der Waals surface area (Å²) in [7, 11) is 0. The van der Waals surface area contributed by atoms with Crippen LogP contribution in [-0.4, -0.2) is 6.04 Å². The molecule has 0 saturated heterocycles. The van der Waals surface area contributed by atoms with Gasteiger partial charge >= 0.3 is 0 Å². The van der Waals surface area contributed by atoms with Gasteiger partial charge in [0.1, 0.15) is 0 Å². The lowest BCUT2D eigenvalue weighted by Crippen LogP contribution is -2.16. The summed E-state index contributed by atoms with van der Waals surface area (Å²) in [5.41, 5.74) is 5.28. The van der Waals surface area contributed by atoms with Gasteiger partial charge in [-0.05, 0) is 13.3 Å². The van der Waals surface area contributed by atoms with Crippen molar-refractivity contribution in [3.63, 3.8) is 0 Å². The maximum atomic E-state index is 8.21. The topological polar surface area (TPSA) is 49.8 Å². The average molecular weight is 122 g/mol. The van der Waals surface area contributed by atoms with Crippen LogP contribution in [0.25, 0.3) is 0 Å². The van der Waals surface area contributed by atoms with Crippen LogP contribution in [0.1, 0.15) is 19.8 Å². The number of nitrogens with zero attached hydrogens (tertiary/aromatic N) is 1. The van der Waals surface area contributed by atoms with E-state index < -0.39 is 0 Å². The molecule has 0 bridgehead atoms. The molecule has 1 atom stereocenters. The fourth-order valence-electron chi connectivity index (χ4n) is 0.417. The molecule has 0 aliphatic heterocycles. The predicted octanol–water partition coefficient (Wildman–Crippen LogP) is 0.641. The van der Waals surface area contributed by atoms with Crippen LogP contribution in [0, 0.1) is 23.2 Å². The molecule has 0 heterocycles. The van der Waals surface area contributed by atoms with Crippen LogP contribution < -0.4 is 5.73 Å². The van der Waals surface area contributed by atoms with Crippen molar-refractivity contribution in [2.24, 2.45) is 5.73 Å². The van der Waals surface area contributed by atoms with Crippen LogP contribution >= 0.6 is 0 Å². The number of rotatable bonds is 2. The van der Waals surface area contributed by atoms with E-state index in [0.29, 0.717) is 6.42 Å². The standard InChI is InChI=1S/C7H10N2/c1-2-3-4-5-7(9)6-8/h7H,4-5,9H2,1H3. The molecule has 1 unspecified atom stereocenters. The fraction of sp³-hybridized carbons (Fsp3) is 0.571. The number of nitrogens with two attached hydrogens (primary N) is 1. The highest BCUT2D eigenvalue weighted by atomic mass is 14.6. The highest BCUT2D eigenvalue weighted by Crippen LogP contribution is 1.89. The van der Waals surface area contributed by atoms with Gasteiger partial charge in [-0.2, -0.15) is 5.26 Å². The quantitative estimate of drug-likeness (QED) is 0.546. The van der Waals surface area contributed by atoms with Crippen molar-refractivity contribution in [1.29, 1.82) is 5.26 Å². The van der Waals surface area contributed by atoms with Gasteiger partial charge in [-0.3, -0.25) is 0 Å². The summed E-state index contributed by atoms with van der Waals surface area (Å²) in [6, 6.07) is 1.59. The molecule has 0 amide bonds. The molecular formula is C7H10N2. The summed E-state index contributed by atoms with van der Waals surface area (Å²) >= 11 is 0. The molecule has 0 aromatic carbocycles. The van der Waals surface area contributed by atoms with Crippen LogP contribution in [0.3, 0.4) is 0 Å². The first kappa shape index (κ1) is 8.01. The summed E-state index contributed by atoms with van der Waals surface area (Å²) in [6.07, 6.45) is 1.41. The van der Waals surface area contributed by atoms with Crippen molar-refractivity contribution in [3.8, 4) is 17.9 Å². The summed E-state index contributed by atoms with van der Waals surface area (Å²) in [4.78, 5) is 0. The van der Waals surface area contributed by atoms with Crippen molar-refractivity contribution in [1.82, 2.24) is 0 Å². The molecule has 9 heavy (non-hydrogen) atoms. The largest absolute Gasteiger partial charge is 0.316 e. The maximum absolute atomic E-state index is 8.21. The second-order valence-electron chi connectivity index (χ2n) is 1.70. The first-order chi connectivity index (χ1) is 4.31. The number of hydrogen-bond donors (Lipinski definition) is 1. The Labute approximate surface area is 55.7 Å². The van der Waals surface area contributed by atoms with Crippen LogP contribution in [0.2, 0.25) is 0 Å². The summed E-state index contributed by atoms with van der Waals surface area (Å²) in [6.45, 7) is 1.78. The molecule has 2 heteroatoms. The van der Waals surface area contributed by atoms with Gasteiger partial charge in [0.15, 0.2) is 0 Å². The molecule has 0 radical (unpaired) electrons. The minimum Gasteiger partial charge on any atom is -0.316 e. The smallest absolute Gasteiger partial charge is 0.0937 e. The highest BCUT2D eigenvalue weighted by Gasteiger charge is 1.94. The molecule has 0 fully saturated rings. The normalized spacial score (nSPS) is 10.8. The van der Waals surface area contributed by atoms with Gasteiger partial charge in [-0.1, -0.05) is 0 Å². The predicted molar refractivity (Wildman–Crippen MR) is 36.3 cm³/mol. The minimum absolute atomic E-state index is 0.342. The van der Waals surface area contributed by atoms with Crippen molar-refractivity contribution < 1.29 is 0 Å². The monoisotopic (exact) mass is 122 g/mol. The van der Waals surface area contributed by atoms with Crippen molar-refractivity contribution in [2.45, 2.75) is 25.8 Å². The number of hydrogen-bond acceptors (Lipinski definition) is 2. The lowest BCUT2D eigenvalue weighted by atomic mass is 10.2. The number of nitriles is 1. The first-order valence-corrected chi connectivity index (χ1v) is 2.86. The lowest BCUT2D eigenvalue weighted by molar-refractivity contribution is 0.754. The molecule has 0 saturated carbocycles. The second kappa shape index (κ2) is 5.15. The van der Waals surface area contributed by atoms with E-state index in [9.17, 15) is 0 Å². The molecule has 0 aliphatic rings. The molecule has 0 rings (SSSR count). The fourth-order valence-corrected chi connectivity index (χ4v) is 0.417. The zero-order chi connectivity index (χ0) is 7.11. The zero-order valence-electron chi connectivity index (χ0n) is 5.52. The van der Waals surface area contributed by atoms with Gasteiger partial charge in [0.05, 0.1) is 12.1 Å². The van der Waals surface area contributed by atoms with Gasteiger partial charge in [0, 0.05) is 6.42 Å². The molecule has 0 aromatic heterocycles. The second-order valence-corrected chi connectivity index (χ2v) is 1.70. The molecular weight excluding hydrogens is 112 g/mol. The molecule has 0 spiro atoms. The Hall–Kier alpha value is -0.990. The van der Waals surface area contributed by atoms with Crippen molar-refractivity contribution in [3.05, 3.63) is 0 Å². The van der Waals surface area contributed by atoms with Crippen molar-refractivity contribution >= 4 is 0 Å². The maximum Gasteiger partial charge on any atom is 0.0937 e. The lowest BCUT2D eigenvalue weighted by Gasteiger charge is -1.93. The Morgan fingerprint density at radius 3 is 2.78 bits per heavy atom. The van der Waals surface area contributed by atoms with Gasteiger partial charge in [0.2, 0.25) is 0 Å². The van der Waals surface area contributed by atoms with Crippen LogP contribution in [0.15, 0.2) is 0 Å². The molecule has 2 nitrogen and oxygen atoms in total. The Morgan fingerprint density at radius 2 is 2.33 bits per heavy atom. The van der Waals surface area contributed by atoms with Gasteiger partial charge in [-0.25, -0.2) is 0 Å². The van der Waals surface area contributed by atoms with E-state index in [-0.39, 0.29) is 6.04 Å². The van der Waals surface area contributed by atoms with Gasteiger partial charge in [0.25, 0.3) is 0 Å². The Kier molecular flexibility index (Phi) is 4.59. The molecule has 48 valence electrons. The Balaban J connectivity index is 3.26. The SMILES string of the molecule is CC#CCCC(N)C#N. The third-order valence-corrected chi connectivity index (χ3v) is 0.923. The Morgan fingerprint density at radius 1 is 1.67 bits per heavy atom. The van der Waals surface area contributed by atoms with Crippen LogP contribution in [0.4, 0.5) is 0 Å². The summed E-state index contributed by atoms with van der Waals surface area (Å²) in [5.74, 6) is 5.56. The van der Waals surface area contributed by atoms with Crippen LogP contribution in [0.5, 0.6) is 0 Å². The highest BCUT2D eigenvalue weighted by molar-refractivity contribution is 4.97. The minimum atomic E-state index is -0.342. The van der Waals surface area contributed by atoms with E-state index in [1.807, 2.05) is 6.07 Å². The van der Waals surface area contributed by atoms with Gasteiger partial charge in [-0.15, -0.1) is 11.8 Å². The van der Waals surface area contributed by atoms with Gasteiger partial charge < -0.3 is 5.73 Å². The first-order valence-electron chi connectivity index (χ1n) is 2.86. The zero-order valence-corrected chi connectivity index (χ0v) is 5.52. The third kappa shape index (κ3) is 4.87. The van der Waals surface area contributed by atoms with E-state index >= 15 is 0 Å². The van der Waals surface area contributed by atoms with Crippen molar-refractivity contribution in [2.75, 3.05) is 0 Å². The van der Waals surface area contributed by atoms with E-state index in [1.165, 1.54) is 0 Å². The van der Waals surface area contributed by atoms with E-state index in [0.717, 1.165) is 6.42 Å².